The molecule has 5 rings (SSSR count). The minimum Gasteiger partial charge on any atom is -0.465 e. The van der Waals surface area contributed by atoms with Gasteiger partial charge in [-0.15, -0.1) is 5.10 Å². The summed E-state index contributed by atoms with van der Waals surface area (Å²) in [6.07, 6.45) is 1.27. The smallest absolute Gasteiger partial charge is 0.337 e. The van der Waals surface area contributed by atoms with E-state index >= 15 is 0 Å². The number of carbonyl (C=O) groups is 1. The largest absolute Gasteiger partial charge is 0.465 e. The minimum atomic E-state index is -3.81. The van der Waals surface area contributed by atoms with Crippen molar-refractivity contribution in [3.05, 3.63) is 81.9 Å². The van der Waals surface area contributed by atoms with Crippen LogP contribution >= 0.6 is 0 Å². The SMILES string of the molecule is COC(=O)c1ccc(S(=O)(=O)N2CCCC(c3nc4c(nnn4Cc4ccccc4)c(=O)[nH]3)C2)cc1. The Labute approximate surface area is 206 Å². The molecule has 0 aliphatic carbocycles. The molecule has 186 valence electrons. The second kappa shape index (κ2) is 9.63. The molecule has 2 aromatic heterocycles. The number of rotatable bonds is 6. The van der Waals surface area contributed by atoms with Gasteiger partial charge >= 0.3 is 5.97 Å². The van der Waals surface area contributed by atoms with E-state index < -0.39 is 21.6 Å². The van der Waals surface area contributed by atoms with Crippen LogP contribution in [0.2, 0.25) is 0 Å². The van der Waals surface area contributed by atoms with E-state index in [0.717, 1.165) is 5.56 Å². The molecule has 1 unspecified atom stereocenters. The Morgan fingerprint density at radius 1 is 1.14 bits per heavy atom. The van der Waals surface area contributed by atoms with Crippen molar-refractivity contribution in [2.45, 2.75) is 30.2 Å². The highest BCUT2D eigenvalue weighted by atomic mass is 32.2. The van der Waals surface area contributed by atoms with E-state index in [1.165, 1.54) is 35.7 Å². The van der Waals surface area contributed by atoms with Gasteiger partial charge in [0.25, 0.3) is 5.56 Å². The lowest BCUT2D eigenvalue weighted by Crippen LogP contribution is -2.39. The van der Waals surface area contributed by atoms with Crippen molar-refractivity contribution in [1.82, 2.24) is 29.3 Å². The standard InChI is InChI=1S/C24H24N6O5S/c1-35-24(32)17-9-11-19(12-10-17)36(33,34)29-13-5-8-18(15-29)21-25-22-20(23(31)26-21)27-28-30(22)14-16-6-3-2-4-7-16/h2-4,6-7,9-12,18H,5,8,13-15H2,1H3,(H,25,26,31). The number of sulfonamides is 1. The average molecular weight is 509 g/mol. The van der Waals surface area contributed by atoms with Crippen LogP contribution in [0, 0.1) is 0 Å². The molecule has 1 aliphatic heterocycles. The number of nitrogens with zero attached hydrogens (tertiary/aromatic N) is 5. The zero-order valence-corrected chi connectivity index (χ0v) is 20.3. The van der Waals surface area contributed by atoms with Crippen molar-refractivity contribution >= 4 is 27.2 Å². The van der Waals surface area contributed by atoms with E-state index in [0.29, 0.717) is 37.4 Å². The fourth-order valence-electron chi connectivity index (χ4n) is 4.35. The summed E-state index contributed by atoms with van der Waals surface area (Å²) in [5, 5.41) is 8.09. The first kappa shape index (κ1) is 23.8. The Bertz CT molecular complexity index is 1560. The number of carbonyl (C=O) groups excluding carboxylic acids is 1. The highest BCUT2D eigenvalue weighted by Crippen LogP contribution is 2.29. The molecule has 0 amide bonds. The van der Waals surface area contributed by atoms with Crippen LogP contribution in [0.4, 0.5) is 0 Å². The second-order valence-electron chi connectivity index (χ2n) is 8.57. The van der Waals surface area contributed by atoms with Crippen LogP contribution in [0.25, 0.3) is 11.2 Å². The molecule has 2 aromatic carbocycles. The minimum absolute atomic E-state index is 0.0813. The summed E-state index contributed by atoms with van der Waals surface area (Å²) in [4.78, 5) is 31.9. The summed E-state index contributed by atoms with van der Waals surface area (Å²) < 4.78 is 34.2. The molecule has 1 saturated heterocycles. The van der Waals surface area contributed by atoms with E-state index in [2.05, 4.69) is 25.0 Å². The number of piperidine rings is 1. The number of aromatic nitrogens is 5. The van der Waals surface area contributed by atoms with E-state index in [1.54, 1.807) is 4.68 Å². The molecule has 0 saturated carbocycles. The van der Waals surface area contributed by atoms with Crippen LogP contribution in [0.3, 0.4) is 0 Å². The van der Waals surface area contributed by atoms with Crippen LogP contribution in [0.15, 0.2) is 64.3 Å². The van der Waals surface area contributed by atoms with Crippen molar-refractivity contribution in [1.29, 1.82) is 0 Å². The van der Waals surface area contributed by atoms with Crippen LogP contribution in [-0.2, 0) is 21.3 Å². The van der Waals surface area contributed by atoms with Crippen LogP contribution in [0.5, 0.6) is 0 Å². The van der Waals surface area contributed by atoms with Gasteiger partial charge in [0.1, 0.15) is 5.82 Å². The lowest BCUT2D eigenvalue weighted by atomic mass is 9.99. The van der Waals surface area contributed by atoms with E-state index in [-0.39, 0.29) is 28.4 Å². The van der Waals surface area contributed by atoms with Crippen LogP contribution in [0.1, 0.15) is 40.5 Å². The molecule has 1 fully saturated rings. The summed E-state index contributed by atoms with van der Waals surface area (Å²) >= 11 is 0. The number of hydrogen-bond acceptors (Lipinski definition) is 8. The Balaban J connectivity index is 1.41. The highest BCUT2D eigenvalue weighted by Gasteiger charge is 2.32. The number of ether oxygens (including phenoxy) is 1. The van der Waals surface area contributed by atoms with Crippen molar-refractivity contribution in [2.24, 2.45) is 0 Å². The highest BCUT2D eigenvalue weighted by molar-refractivity contribution is 7.89. The number of methoxy groups -OCH3 is 1. The third kappa shape index (κ3) is 4.52. The third-order valence-electron chi connectivity index (χ3n) is 6.25. The van der Waals surface area contributed by atoms with Gasteiger partial charge in [0.15, 0.2) is 11.2 Å². The molecular formula is C24H24N6O5S. The molecule has 0 spiro atoms. The average Bonchev–Trinajstić information content (AvgIpc) is 3.32. The summed E-state index contributed by atoms with van der Waals surface area (Å²) in [7, 11) is -2.55. The maximum atomic E-state index is 13.3. The molecule has 11 nitrogen and oxygen atoms in total. The Kier molecular flexibility index (Phi) is 6.37. The first-order chi connectivity index (χ1) is 17.4. The zero-order chi connectivity index (χ0) is 25.3. The second-order valence-corrected chi connectivity index (χ2v) is 10.5. The molecule has 0 radical (unpaired) electrons. The number of benzene rings is 2. The molecule has 4 aromatic rings. The lowest BCUT2D eigenvalue weighted by Gasteiger charge is -2.31. The summed E-state index contributed by atoms with van der Waals surface area (Å²) in [5.41, 5.74) is 1.34. The molecule has 1 N–H and O–H groups in total. The number of fused-ring (bicyclic) bond motifs is 1. The first-order valence-electron chi connectivity index (χ1n) is 11.4. The maximum Gasteiger partial charge on any atom is 0.337 e. The topological polar surface area (TPSA) is 140 Å². The normalized spacial score (nSPS) is 16.8. The summed E-state index contributed by atoms with van der Waals surface area (Å²) in [6, 6.07) is 15.3. The molecule has 0 bridgehead atoms. The van der Waals surface area contributed by atoms with Crippen LogP contribution < -0.4 is 5.56 Å². The predicted molar refractivity (Wildman–Crippen MR) is 130 cm³/mol. The fourth-order valence-corrected chi connectivity index (χ4v) is 5.88. The first-order valence-corrected chi connectivity index (χ1v) is 12.9. The number of aromatic amines is 1. The Morgan fingerprint density at radius 2 is 1.89 bits per heavy atom. The quantitative estimate of drug-likeness (QED) is 0.390. The van der Waals surface area contributed by atoms with Crippen molar-refractivity contribution in [2.75, 3.05) is 20.2 Å². The fraction of sp³-hybridized carbons (Fsp3) is 0.292. The van der Waals surface area contributed by atoms with Crippen LogP contribution in [-0.4, -0.2) is 63.9 Å². The molecule has 12 heteroatoms. The van der Waals surface area contributed by atoms with E-state index in [9.17, 15) is 18.0 Å². The lowest BCUT2D eigenvalue weighted by molar-refractivity contribution is 0.0600. The summed E-state index contributed by atoms with van der Waals surface area (Å²) in [6.45, 7) is 0.910. The van der Waals surface area contributed by atoms with Crippen molar-refractivity contribution in [3.63, 3.8) is 0 Å². The number of nitrogens with one attached hydrogen (secondary N) is 1. The molecule has 3 heterocycles. The van der Waals surface area contributed by atoms with Gasteiger partial charge in [-0.25, -0.2) is 22.9 Å². The maximum absolute atomic E-state index is 13.3. The van der Waals surface area contributed by atoms with Gasteiger partial charge in [-0.1, -0.05) is 35.5 Å². The van der Waals surface area contributed by atoms with Gasteiger partial charge in [0.2, 0.25) is 10.0 Å². The van der Waals surface area contributed by atoms with Gasteiger partial charge in [-0.2, -0.15) is 4.31 Å². The van der Waals surface area contributed by atoms with Gasteiger partial charge in [-0.3, -0.25) is 4.79 Å². The van der Waals surface area contributed by atoms with Gasteiger partial charge in [-0.05, 0) is 42.7 Å². The number of hydrogen-bond donors (Lipinski definition) is 1. The Morgan fingerprint density at radius 3 is 2.61 bits per heavy atom. The number of H-pyrrole nitrogens is 1. The Hall–Kier alpha value is -3.90. The summed E-state index contributed by atoms with van der Waals surface area (Å²) in [5.74, 6) is -0.437. The number of esters is 1. The van der Waals surface area contributed by atoms with Gasteiger partial charge < -0.3 is 9.72 Å². The van der Waals surface area contributed by atoms with Crippen molar-refractivity contribution < 1.29 is 17.9 Å². The third-order valence-corrected chi connectivity index (χ3v) is 8.13. The molecule has 1 atom stereocenters. The molecular weight excluding hydrogens is 484 g/mol. The predicted octanol–water partition coefficient (Wildman–Crippen LogP) is 1.92. The van der Waals surface area contributed by atoms with E-state index in [1.807, 2.05) is 30.3 Å². The zero-order valence-electron chi connectivity index (χ0n) is 19.5. The van der Waals surface area contributed by atoms with E-state index in [4.69, 9.17) is 0 Å². The molecule has 36 heavy (non-hydrogen) atoms. The van der Waals surface area contributed by atoms with Crippen molar-refractivity contribution in [3.8, 4) is 0 Å². The van der Waals surface area contributed by atoms with Gasteiger partial charge in [0.05, 0.1) is 24.1 Å². The monoisotopic (exact) mass is 508 g/mol. The molecule has 1 aliphatic rings. The van der Waals surface area contributed by atoms with Gasteiger partial charge in [0, 0.05) is 19.0 Å².